The number of carbonyl (C=O) groups excluding carboxylic acids is 2. The Bertz CT molecular complexity index is 749. The lowest BCUT2D eigenvalue weighted by Gasteiger charge is -2.36. The molecule has 1 aromatic heterocycles. The first-order valence-electron chi connectivity index (χ1n) is 8.12. The van der Waals surface area contributed by atoms with Gasteiger partial charge < -0.3 is 19.9 Å². The van der Waals surface area contributed by atoms with Gasteiger partial charge in [-0.15, -0.1) is 11.3 Å². The first-order chi connectivity index (χ1) is 12.1. The largest absolute Gasteiger partial charge is 0.497 e. The van der Waals surface area contributed by atoms with E-state index in [1.165, 1.54) is 18.3 Å². The van der Waals surface area contributed by atoms with Crippen LogP contribution in [0.3, 0.4) is 0 Å². The highest BCUT2D eigenvalue weighted by atomic mass is 32.1. The van der Waals surface area contributed by atoms with Crippen molar-refractivity contribution >= 4 is 33.8 Å². The van der Waals surface area contributed by atoms with E-state index in [-0.39, 0.29) is 11.8 Å². The third-order valence-corrected chi connectivity index (χ3v) is 5.11. The summed E-state index contributed by atoms with van der Waals surface area (Å²) in [6.45, 7) is 4.40. The van der Waals surface area contributed by atoms with E-state index in [4.69, 9.17) is 4.74 Å². The molecule has 25 heavy (non-hydrogen) atoms. The monoisotopic (exact) mass is 359 g/mol. The molecule has 1 aliphatic rings. The highest BCUT2D eigenvalue weighted by Gasteiger charge is 2.23. The summed E-state index contributed by atoms with van der Waals surface area (Å²) in [5, 5.41) is 3.41. The van der Waals surface area contributed by atoms with Crippen LogP contribution in [0.2, 0.25) is 0 Å². The average molecular weight is 359 g/mol. The summed E-state index contributed by atoms with van der Waals surface area (Å²) in [6.07, 6.45) is 0. The van der Waals surface area contributed by atoms with Crippen molar-refractivity contribution in [2.45, 2.75) is 6.92 Å². The standard InChI is InChI=1S/C18H21N3O3S/c1-13(22)19-17-8-7-16(25-17)18(23)21-11-9-20(10-12-21)14-3-5-15(24-2)6-4-14/h3-8H,9-12H2,1-2H3,(H,19,22). The number of thiophene rings is 1. The van der Waals surface area contributed by atoms with Crippen LogP contribution in [0.1, 0.15) is 16.6 Å². The number of hydrogen-bond donors (Lipinski definition) is 1. The number of methoxy groups -OCH3 is 1. The molecule has 0 atom stereocenters. The average Bonchev–Trinajstić information content (AvgIpc) is 3.09. The number of nitrogens with zero attached hydrogens (tertiary/aromatic N) is 2. The van der Waals surface area contributed by atoms with Crippen LogP contribution in [0.15, 0.2) is 36.4 Å². The molecule has 1 aromatic carbocycles. The fraction of sp³-hybridized carbons (Fsp3) is 0.333. The maximum Gasteiger partial charge on any atom is 0.264 e. The predicted molar refractivity (Wildman–Crippen MR) is 99.7 cm³/mol. The second kappa shape index (κ2) is 7.57. The molecule has 0 spiro atoms. The minimum atomic E-state index is -0.131. The van der Waals surface area contributed by atoms with Crippen molar-refractivity contribution in [1.82, 2.24) is 4.90 Å². The van der Waals surface area contributed by atoms with Crippen molar-refractivity contribution in [2.24, 2.45) is 0 Å². The van der Waals surface area contributed by atoms with Gasteiger partial charge in [-0.1, -0.05) is 0 Å². The van der Waals surface area contributed by atoms with Gasteiger partial charge in [0.15, 0.2) is 0 Å². The molecule has 2 amide bonds. The fourth-order valence-corrected chi connectivity index (χ4v) is 3.73. The Morgan fingerprint density at radius 3 is 2.32 bits per heavy atom. The van der Waals surface area contributed by atoms with Crippen LogP contribution >= 0.6 is 11.3 Å². The number of rotatable bonds is 4. The summed E-state index contributed by atoms with van der Waals surface area (Å²) in [7, 11) is 1.65. The number of amides is 2. The maximum atomic E-state index is 12.6. The maximum absolute atomic E-state index is 12.6. The summed E-state index contributed by atoms with van der Waals surface area (Å²) in [5.74, 6) is 0.732. The molecule has 1 saturated heterocycles. The van der Waals surface area contributed by atoms with E-state index in [2.05, 4.69) is 10.2 Å². The van der Waals surface area contributed by atoms with Crippen LogP contribution in [-0.2, 0) is 4.79 Å². The summed E-state index contributed by atoms with van der Waals surface area (Å²) in [6, 6.07) is 11.5. The molecule has 6 nitrogen and oxygen atoms in total. The normalized spacial score (nSPS) is 14.3. The second-order valence-corrected chi connectivity index (χ2v) is 6.91. The first-order valence-corrected chi connectivity index (χ1v) is 8.94. The molecule has 132 valence electrons. The van der Waals surface area contributed by atoms with Gasteiger partial charge in [0.05, 0.1) is 17.0 Å². The minimum absolute atomic E-state index is 0.0241. The van der Waals surface area contributed by atoms with Crippen molar-refractivity contribution in [3.8, 4) is 5.75 Å². The molecule has 1 fully saturated rings. The van der Waals surface area contributed by atoms with Crippen molar-refractivity contribution < 1.29 is 14.3 Å². The molecule has 1 N–H and O–H groups in total. The second-order valence-electron chi connectivity index (χ2n) is 5.82. The molecular weight excluding hydrogens is 338 g/mol. The molecule has 0 bridgehead atoms. The minimum Gasteiger partial charge on any atom is -0.497 e. The number of hydrogen-bond acceptors (Lipinski definition) is 5. The Hall–Kier alpha value is -2.54. The SMILES string of the molecule is COc1ccc(N2CCN(C(=O)c3ccc(NC(C)=O)s3)CC2)cc1. The van der Waals surface area contributed by atoms with E-state index in [9.17, 15) is 9.59 Å². The van der Waals surface area contributed by atoms with E-state index < -0.39 is 0 Å². The summed E-state index contributed by atoms with van der Waals surface area (Å²) >= 11 is 1.31. The third-order valence-electron chi connectivity index (χ3n) is 4.12. The summed E-state index contributed by atoms with van der Waals surface area (Å²) in [4.78, 5) is 28.5. The van der Waals surface area contributed by atoms with Gasteiger partial charge in [0.25, 0.3) is 5.91 Å². The van der Waals surface area contributed by atoms with Crippen LogP contribution in [-0.4, -0.2) is 50.0 Å². The van der Waals surface area contributed by atoms with E-state index >= 15 is 0 Å². The van der Waals surface area contributed by atoms with Crippen LogP contribution in [0.5, 0.6) is 5.75 Å². The Morgan fingerprint density at radius 2 is 1.72 bits per heavy atom. The summed E-state index contributed by atoms with van der Waals surface area (Å²) in [5.41, 5.74) is 1.14. The zero-order valence-electron chi connectivity index (χ0n) is 14.3. The molecule has 7 heteroatoms. The molecule has 3 rings (SSSR count). The van der Waals surface area contributed by atoms with E-state index in [1.54, 1.807) is 19.2 Å². The van der Waals surface area contributed by atoms with Crippen LogP contribution in [0, 0.1) is 0 Å². The molecule has 0 saturated carbocycles. The Labute approximate surface area is 151 Å². The lowest BCUT2D eigenvalue weighted by Crippen LogP contribution is -2.48. The molecule has 2 heterocycles. The van der Waals surface area contributed by atoms with Gasteiger partial charge >= 0.3 is 0 Å². The van der Waals surface area contributed by atoms with Crippen LogP contribution < -0.4 is 15.0 Å². The predicted octanol–water partition coefficient (Wildman–Crippen LogP) is 2.68. The highest BCUT2D eigenvalue weighted by molar-refractivity contribution is 7.18. The van der Waals surface area contributed by atoms with E-state index in [0.29, 0.717) is 23.0 Å². The van der Waals surface area contributed by atoms with Gasteiger partial charge in [-0.3, -0.25) is 9.59 Å². The van der Waals surface area contributed by atoms with Gasteiger partial charge in [-0.25, -0.2) is 0 Å². The third kappa shape index (κ3) is 4.11. The zero-order valence-corrected chi connectivity index (χ0v) is 15.1. The topological polar surface area (TPSA) is 61.9 Å². The zero-order chi connectivity index (χ0) is 17.8. The fourth-order valence-electron chi connectivity index (χ4n) is 2.81. The molecule has 0 aliphatic carbocycles. The molecule has 1 aliphatic heterocycles. The van der Waals surface area contributed by atoms with Crippen molar-refractivity contribution in [2.75, 3.05) is 43.5 Å². The van der Waals surface area contributed by atoms with Gasteiger partial charge in [0.2, 0.25) is 5.91 Å². The molecular formula is C18H21N3O3S. The van der Waals surface area contributed by atoms with Gasteiger partial charge in [-0.05, 0) is 36.4 Å². The van der Waals surface area contributed by atoms with Gasteiger partial charge in [0.1, 0.15) is 5.75 Å². The van der Waals surface area contributed by atoms with Gasteiger partial charge in [0, 0.05) is 38.8 Å². The van der Waals surface area contributed by atoms with Crippen molar-refractivity contribution in [3.05, 3.63) is 41.3 Å². The highest BCUT2D eigenvalue weighted by Crippen LogP contribution is 2.25. The van der Waals surface area contributed by atoms with Gasteiger partial charge in [-0.2, -0.15) is 0 Å². The number of carbonyl (C=O) groups is 2. The Morgan fingerprint density at radius 1 is 1.04 bits per heavy atom. The van der Waals surface area contributed by atoms with Crippen LogP contribution in [0.4, 0.5) is 10.7 Å². The molecule has 0 unspecified atom stereocenters. The van der Waals surface area contributed by atoms with Crippen LogP contribution in [0.25, 0.3) is 0 Å². The Balaban J connectivity index is 1.58. The number of nitrogens with one attached hydrogen (secondary N) is 1. The quantitative estimate of drug-likeness (QED) is 0.912. The number of ether oxygens (including phenoxy) is 1. The first kappa shape index (κ1) is 17.3. The van der Waals surface area contributed by atoms with E-state index in [1.807, 2.05) is 29.2 Å². The van der Waals surface area contributed by atoms with E-state index in [0.717, 1.165) is 24.5 Å². The smallest absolute Gasteiger partial charge is 0.264 e. The Kier molecular flexibility index (Phi) is 5.23. The van der Waals surface area contributed by atoms with Crippen molar-refractivity contribution in [3.63, 3.8) is 0 Å². The lowest BCUT2D eigenvalue weighted by atomic mass is 10.2. The molecule has 0 radical (unpaired) electrons. The van der Waals surface area contributed by atoms with Crippen molar-refractivity contribution in [1.29, 1.82) is 0 Å². The lowest BCUT2D eigenvalue weighted by molar-refractivity contribution is -0.114. The number of anilines is 2. The molecule has 2 aromatic rings. The summed E-state index contributed by atoms with van der Waals surface area (Å²) < 4.78 is 5.18. The number of benzene rings is 1. The number of piperazine rings is 1.